The molecule has 0 bridgehead atoms. The summed E-state index contributed by atoms with van der Waals surface area (Å²) in [5, 5.41) is 2.86. The van der Waals surface area contributed by atoms with Gasteiger partial charge < -0.3 is 4.74 Å². The molecule has 1 aliphatic heterocycles. The number of Topliss-reactive ketones (excluding diaryl/α,β-unsaturated/α-hetero) is 1. The molecule has 0 unspecified atom stereocenters. The van der Waals surface area contributed by atoms with Crippen molar-refractivity contribution < 1.29 is 19.1 Å². The number of amides is 2. The van der Waals surface area contributed by atoms with Gasteiger partial charge in [0.25, 0.3) is 11.8 Å². The number of benzene rings is 2. The van der Waals surface area contributed by atoms with Gasteiger partial charge in [0.05, 0.1) is 5.02 Å². The molecule has 3 rings (SSSR count). The Morgan fingerprint density at radius 1 is 1.21 bits per heavy atom. The molecule has 29 heavy (non-hydrogen) atoms. The molecular formula is C21H17ClN2O4S. The van der Waals surface area contributed by atoms with E-state index in [2.05, 4.69) is 5.32 Å². The van der Waals surface area contributed by atoms with E-state index in [1.54, 1.807) is 30.3 Å². The van der Waals surface area contributed by atoms with E-state index in [1.165, 1.54) is 24.9 Å². The molecule has 1 fully saturated rings. The van der Waals surface area contributed by atoms with Crippen LogP contribution in [0.1, 0.15) is 28.4 Å². The van der Waals surface area contributed by atoms with Crippen LogP contribution in [-0.2, 0) is 16.2 Å². The van der Waals surface area contributed by atoms with Gasteiger partial charge in [0, 0.05) is 12.6 Å². The number of hydrogen-bond donors (Lipinski definition) is 1. The summed E-state index contributed by atoms with van der Waals surface area (Å²) in [7, 11) is 1.49. The fourth-order valence-corrected chi connectivity index (χ4v) is 3.05. The number of likely N-dealkylation sites (N-methyl/N-ethyl adjacent to an activating group) is 1. The third kappa shape index (κ3) is 4.70. The van der Waals surface area contributed by atoms with E-state index in [-0.39, 0.29) is 23.1 Å². The lowest BCUT2D eigenvalue weighted by molar-refractivity contribution is -0.128. The molecule has 1 aliphatic rings. The Morgan fingerprint density at radius 3 is 2.52 bits per heavy atom. The van der Waals surface area contributed by atoms with Gasteiger partial charge in [0.1, 0.15) is 17.9 Å². The molecule has 1 N–H and O–H groups in total. The van der Waals surface area contributed by atoms with Crippen molar-refractivity contribution in [3.05, 3.63) is 69.8 Å². The number of nitrogens with one attached hydrogen (secondary N) is 1. The van der Waals surface area contributed by atoms with E-state index in [1.807, 2.05) is 12.1 Å². The number of carbonyl (C=O) groups excluding carboxylic acids is 3. The Labute approximate surface area is 178 Å². The smallest absolute Gasteiger partial charge is 0.265 e. The van der Waals surface area contributed by atoms with Gasteiger partial charge in [-0.3, -0.25) is 24.6 Å². The van der Waals surface area contributed by atoms with Gasteiger partial charge in [0.15, 0.2) is 10.9 Å². The van der Waals surface area contributed by atoms with Crippen molar-refractivity contribution in [2.75, 3.05) is 7.05 Å². The van der Waals surface area contributed by atoms with E-state index in [0.29, 0.717) is 21.9 Å². The minimum atomic E-state index is -0.552. The summed E-state index contributed by atoms with van der Waals surface area (Å²) in [6.07, 6.45) is 1.45. The number of carbonyl (C=O) groups is 3. The molecule has 0 aliphatic carbocycles. The largest absolute Gasteiger partial charge is 0.487 e. The minimum Gasteiger partial charge on any atom is -0.487 e. The second kappa shape index (κ2) is 8.55. The predicted molar refractivity (Wildman–Crippen MR) is 114 cm³/mol. The first-order valence-corrected chi connectivity index (χ1v) is 9.42. The van der Waals surface area contributed by atoms with Crippen LogP contribution in [0.3, 0.4) is 0 Å². The Bertz CT molecular complexity index is 1050. The monoisotopic (exact) mass is 428 g/mol. The second-order valence-electron chi connectivity index (χ2n) is 6.41. The van der Waals surface area contributed by atoms with Crippen LogP contribution in [0.5, 0.6) is 5.75 Å². The molecule has 1 saturated heterocycles. The van der Waals surface area contributed by atoms with E-state index in [4.69, 9.17) is 28.6 Å². The average molecular weight is 429 g/mol. The number of rotatable bonds is 5. The topological polar surface area (TPSA) is 75.7 Å². The molecule has 8 heteroatoms. The molecule has 0 spiro atoms. The molecule has 2 aromatic rings. The van der Waals surface area contributed by atoms with E-state index in [9.17, 15) is 14.4 Å². The van der Waals surface area contributed by atoms with Crippen LogP contribution in [0.25, 0.3) is 6.08 Å². The van der Waals surface area contributed by atoms with Crippen LogP contribution in [-0.4, -0.2) is 34.7 Å². The quantitative estimate of drug-likeness (QED) is 0.342. The summed E-state index contributed by atoms with van der Waals surface area (Å²) >= 11 is 11.2. The first kappa shape index (κ1) is 20.7. The molecule has 0 aromatic heterocycles. The van der Waals surface area contributed by atoms with Crippen molar-refractivity contribution in [3.63, 3.8) is 0 Å². The SMILES string of the molecule is CC(=O)c1ccc(COc2ccc(/C=C3\C(=O)NC(=S)N(C)C3=O)cc2Cl)cc1. The van der Waals surface area contributed by atoms with Crippen LogP contribution in [0.2, 0.25) is 5.02 Å². The van der Waals surface area contributed by atoms with Gasteiger partial charge in [-0.05, 0) is 48.5 Å². The number of nitrogens with zero attached hydrogens (tertiary/aromatic N) is 1. The number of ether oxygens (including phenoxy) is 1. The summed E-state index contributed by atoms with van der Waals surface area (Å²) < 4.78 is 5.73. The first-order valence-electron chi connectivity index (χ1n) is 8.63. The molecule has 1 heterocycles. The van der Waals surface area contributed by atoms with Gasteiger partial charge in [-0.2, -0.15) is 0 Å². The Hall–Kier alpha value is -3.03. The summed E-state index contributed by atoms with van der Waals surface area (Å²) in [6, 6.07) is 12.1. The molecule has 0 atom stereocenters. The van der Waals surface area contributed by atoms with Crippen molar-refractivity contribution in [1.29, 1.82) is 0 Å². The van der Waals surface area contributed by atoms with Crippen LogP contribution in [0.15, 0.2) is 48.0 Å². The fraction of sp³-hybridized carbons (Fsp3) is 0.143. The predicted octanol–water partition coefficient (Wildman–Crippen LogP) is 3.38. The highest BCUT2D eigenvalue weighted by Gasteiger charge is 2.30. The average Bonchev–Trinajstić information content (AvgIpc) is 2.69. The highest BCUT2D eigenvalue weighted by Crippen LogP contribution is 2.27. The Morgan fingerprint density at radius 2 is 1.90 bits per heavy atom. The van der Waals surface area contributed by atoms with Crippen LogP contribution < -0.4 is 10.1 Å². The van der Waals surface area contributed by atoms with Crippen molar-refractivity contribution in [1.82, 2.24) is 10.2 Å². The summed E-state index contributed by atoms with van der Waals surface area (Å²) in [5.41, 5.74) is 2.07. The van der Waals surface area contributed by atoms with E-state index in [0.717, 1.165) is 5.56 Å². The maximum absolute atomic E-state index is 12.3. The second-order valence-corrected chi connectivity index (χ2v) is 7.21. The number of ketones is 1. The number of hydrogen-bond acceptors (Lipinski definition) is 5. The highest BCUT2D eigenvalue weighted by molar-refractivity contribution is 7.80. The van der Waals surface area contributed by atoms with Crippen molar-refractivity contribution >= 4 is 52.6 Å². The molecule has 0 saturated carbocycles. The van der Waals surface area contributed by atoms with Crippen LogP contribution in [0.4, 0.5) is 0 Å². The van der Waals surface area contributed by atoms with Gasteiger partial charge in [0.2, 0.25) is 0 Å². The number of thiocarbonyl (C=S) groups is 1. The van der Waals surface area contributed by atoms with Crippen LogP contribution in [0, 0.1) is 0 Å². The lowest BCUT2D eigenvalue weighted by Crippen LogP contribution is -2.52. The van der Waals surface area contributed by atoms with Gasteiger partial charge in [-0.1, -0.05) is 41.9 Å². The summed E-state index contributed by atoms with van der Waals surface area (Å²) in [4.78, 5) is 36.8. The molecule has 0 radical (unpaired) electrons. The van der Waals surface area contributed by atoms with Crippen LogP contribution >= 0.6 is 23.8 Å². The molecule has 2 amide bonds. The lowest BCUT2D eigenvalue weighted by Gasteiger charge is -2.25. The van der Waals surface area contributed by atoms with Crippen molar-refractivity contribution in [3.8, 4) is 5.75 Å². The normalized spacial score (nSPS) is 15.5. The Kier molecular flexibility index (Phi) is 6.10. The number of halogens is 1. The van der Waals surface area contributed by atoms with Crippen molar-refractivity contribution in [2.24, 2.45) is 0 Å². The standard InChI is InChI=1S/C21H17ClN2O4S/c1-12(25)15-6-3-13(4-7-15)11-28-18-8-5-14(10-17(18)22)9-16-19(26)23-21(29)24(2)20(16)27/h3-10H,11H2,1-2H3,(H,23,26,29)/b16-9+. The zero-order valence-electron chi connectivity index (χ0n) is 15.7. The Balaban J connectivity index is 1.73. The minimum absolute atomic E-state index is 0.00312. The molecular weight excluding hydrogens is 412 g/mol. The zero-order valence-corrected chi connectivity index (χ0v) is 17.3. The third-order valence-electron chi connectivity index (χ3n) is 4.33. The third-order valence-corrected chi connectivity index (χ3v) is 5.00. The zero-order chi connectivity index (χ0) is 21.1. The maximum Gasteiger partial charge on any atom is 0.265 e. The molecule has 148 valence electrons. The summed E-state index contributed by atoms with van der Waals surface area (Å²) in [6.45, 7) is 1.79. The maximum atomic E-state index is 12.3. The van der Waals surface area contributed by atoms with Gasteiger partial charge >= 0.3 is 0 Å². The fourth-order valence-electron chi connectivity index (χ4n) is 2.63. The first-order chi connectivity index (χ1) is 13.8. The molecule has 2 aromatic carbocycles. The van der Waals surface area contributed by atoms with Gasteiger partial charge in [-0.25, -0.2) is 0 Å². The van der Waals surface area contributed by atoms with E-state index >= 15 is 0 Å². The lowest BCUT2D eigenvalue weighted by atomic mass is 10.1. The molecule has 6 nitrogen and oxygen atoms in total. The highest BCUT2D eigenvalue weighted by atomic mass is 35.5. The van der Waals surface area contributed by atoms with E-state index < -0.39 is 11.8 Å². The van der Waals surface area contributed by atoms with Crippen molar-refractivity contribution in [2.45, 2.75) is 13.5 Å². The van der Waals surface area contributed by atoms with Gasteiger partial charge in [-0.15, -0.1) is 0 Å². The summed E-state index contributed by atoms with van der Waals surface area (Å²) in [5.74, 6) is -0.571.